The number of carbonyl (C=O) groups is 1. The number of rotatable bonds is 1. The second-order valence-electron chi connectivity index (χ2n) is 3.70. The first-order valence-corrected chi connectivity index (χ1v) is 6.02. The number of carbonyl (C=O) groups excluding carboxylic acids is 1. The van der Waals surface area contributed by atoms with Crippen LogP contribution in [-0.4, -0.2) is 20.1 Å². The fourth-order valence-corrected chi connectivity index (χ4v) is 2.49. The molecule has 0 radical (unpaired) electrons. The van der Waals surface area contributed by atoms with Crippen molar-refractivity contribution in [3.05, 3.63) is 29.3 Å². The van der Waals surface area contributed by atoms with Crippen molar-refractivity contribution in [2.45, 2.75) is 16.7 Å². The van der Waals surface area contributed by atoms with Crippen LogP contribution in [0.15, 0.2) is 23.1 Å². The first-order valence-electron chi connectivity index (χ1n) is 4.48. The molecule has 0 atom stereocenters. The molecule has 2 N–H and O–H groups in total. The summed E-state index contributed by atoms with van der Waals surface area (Å²) in [7, 11) is -4.55. The lowest BCUT2D eigenvalue weighted by molar-refractivity contribution is -0.176. The zero-order valence-electron chi connectivity index (χ0n) is 8.45. The first kappa shape index (κ1) is 13.0. The number of hydrogen-bond donors (Lipinski definition) is 1. The van der Waals surface area contributed by atoms with Gasteiger partial charge < -0.3 is 0 Å². The molecule has 98 valence electrons. The number of benzene rings is 1. The van der Waals surface area contributed by atoms with Crippen molar-refractivity contribution in [2.75, 3.05) is 0 Å². The summed E-state index contributed by atoms with van der Waals surface area (Å²) in [6, 6.07) is 2.12. The van der Waals surface area contributed by atoms with Crippen molar-refractivity contribution < 1.29 is 30.8 Å². The number of primary sulfonamides is 1. The third-order valence-electron chi connectivity index (χ3n) is 2.58. The zero-order chi connectivity index (χ0) is 13.9. The van der Waals surface area contributed by atoms with Crippen LogP contribution in [0.4, 0.5) is 17.6 Å². The summed E-state index contributed by atoms with van der Waals surface area (Å²) in [4.78, 5) is 10.2. The van der Waals surface area contributed by atoms with Gasteiger partial charge in [0.1, 0.15) is 0 Å². The molecule has 0 amide bonds. The van der Waals surface area contributed by atoms with Crippen LogP contribution in [0.3, 0.4) is 0 Å². The Labute approximate surface area is 98.4 Å². The minimum absolute atomic E-state index is 0.572. The largest absolute Gasteiger partial charge is 0.376 e. The fourth-order valence-electron chi connectivity index (χ4n) is 1.73. The number of ketones is 1. The van der Waals surface area contributed by atoms with Crippen LogP contribution >= 0.6 is 0 Å². The van der Waals surface area contributed by atoms with Crippen molar-refractivity contribution in [2.24, 2.45) is 5.14 Å². The Hall–Kier alpha value is -1.48. The Morgan fingerprint density at radius 2 is 1.61 bits per heavy atom. The van der Waals surface area contributed by atoms with E-state index in [9.17, 15) is 30.8 Å². The quantitative estimate of drug-likeness (QED) is 0.788. The van der Waals surface area contributed by atoms with E-state index in [-0.39, 0.29) is 0 Å². The highest BCUT2D eigenvalue weighted by molar-refractivity contribution is 7.89. The van der Waals surface area contributed by atoms with E-state index in [1.165, 1.54) is 0 Å². The van der Waals surface area contributed by atoms with Crippen molar-refractivity contribution in [1.82, 2.24) is 0 Å². The number of Topliss-reactive ketones (excluding diaryl/α,β-unsaturated/α-hetero) is 1. The Morgan fingerprint density at radius 1 is 1.06 bits per heavy atom. The Balaban J connectivity index is 2.89. The molecule has 0 spiro atoms. The smallest absolute Gasteiger partial charge is 0.287 e. The van der Waals surface area contributed by atoms with E-state index in [1.54, 1.807) is 0 Å². The maximum atomic E-state index is 13.3. The van der Waals surface area contributed by atoms with Crippen LogP contribution in [0.25, 0.3) is 0 Å². The lowest BCUT2D eigenvalue weighted by atomic mass is 10.1. The summed E-state index contributed by atoms with van der Waals surface area (Å²) in [5, 5.41) is 4.70. The molecular formula is C9H5F4NO3S. The molecule has 1 aromatic carbocycles. The normalized spacial score (nSPS) is 20.8. The second-order valence-corrected chi connectivity index (χ2v) is 5.23. The summed E-state index contributed by atoms with van der Waals surface area (Å²) in [6.07, 6.45) is 0. The maximum absolute atomic E-state index is 13.3. The van der Waals surface area contributed by atoms with E-state index in [0.29, 0.717) is 6.07 Å². The number of halogens is 4. The summed E-state index contributed by atoms with van der Waals surface area (Å²) in [5.41, 5.74) is -2.57. The molecule has 2 rings (SSSR count). The average Bonchev–Trinajstić information content (AvgIpc) is 2.37. The van der Waals surface area contributed by atoms with Gasteiger partial charge in [-0.2, -0.15) is 17.6 Å². The summed E-state index contributed by atoms with van der Waals surface area (Å²) in [5.74, 6) is -12.0. The fraction of sp³-hybridized carbons (Fsp3) is 0.222. The average molecular weight is 283 g/mol. The number of fused-ring (bicyclic) bond motifs is 1. The Kier molecular flexibility index (Phi) is 2.37. The minimum Gasteiger partial charge on any atom is -0.287 e. The van der Waals surface area contributed by atoms with E-state index in [0.717, 1.165) is 12.1 Å². The lowest BCUT2D eigenvalue weighted by Crippen LogP contribution is -2.38. The number of sulfonamides is 1. The van der Waals surface area contributed by atoms with E-state index in [4.69, 9.17) is 5.14 Å². The van der Waals surface area contributed by atoms with Gasteiger partial charge in [0, 0.05) is 5.56 Å². The molecule has 18 heavy (non-hydrogen) atoms. The van der Waals surface area contributed by atoms with Gasteiger partial charge in [0.05, 0.1) is 10.5 Å². The van der Waals surface area contributed by atoms with Gasteiger partial charge >= 0.3 is 11.8 Å². The molecule has 0 saturated heterocycles. The Morgan fingerprint density at radius 3 is 2.11 bits per heavy atom. The molecule has 0 heterocycles. The molecule has 1 aliphatic rings. The molecule has 0 fully saturated rings. The molecule has 4 nitrogen and oxygen atoms in total. The summed E-state index contributed by atoms with van der Waals surface area (Å²) < 4.78 is 75.1. The summed E-state index contributed by atoms with van der Waals surface area (Å²) >= 11 is 0. The van der Waals surface area contributed by atoms with Gasteiger partial charge in [-0.1, -0.05) is 12.1 Å². The van der Waals surface area contributed by atoms with E-state index >= 15 is 0 Å². The van der Waals surface area contributed by atoms with Crippen molar-refractivity contribution in [3.8, 4) is 0 Å². The SMILES string of the molecule is NS(=O)(=O)c1cccc2c1C(=O)C(F)(F)C2(F)F. The van der Waals surface area contributed by atoms with Gasteiger partial charge in [-0.15, -0.1) is 0 Å². The monoisotopic (exact) mass is 283 g/mol. The molecule has 0 saturated carbocycles. The van der Waals surface area contributed by atoms with Crippen LogP contribution in [0.1, 0.15) is 15.9 Å². The highest BCUT2D eigenvalue weighted by atomic mass is 32.2. The predicted octanol–water partition coefficient (Wildman–Crippen LogP) is 1.26. The highest BCUT2D eigenvalue weighted by Crippen LogP contribution is 2.52. The van der Waals surface area contributed by atoms with Gasteiger partial charge in [-0.05, 0) is 6.07 Å². The molecule has 0 unspecified atom stereocenters. The molecule has 0 aromatic heterocycles. The van der Waals surface area contributed by atoms with Crippen LogP contribution in [-0.2, 0) is 15.9 Å². The summed E-state index contributed by atoms with van der Waals surface area (Å²) in [6.45, 7) is 0. The van der Waals surface area contributed by atoms with E-state index in [2.05, 4.69) is 0 Å². The Bertz CT molecular complexity index is 654. The molecule has 1 aromatic rings. The zero-order valence-corrected chi connectivity index (χ0v) is 9.27. The van der Waals surface area contributed by atoms with Gasteiger partial charge in [0.2, 0.25) is 15.8 Å². The van der Waals surface area contributed by atoms with Crippen LogP contribution in [0.2, 0.25) is 0 Å². The third kappa shape index (κ3) is 1.40. The lowest BCUT2D eigenvalue weighted by Gasteiger charge is -2.16. The number of nitrogens with two attached hydrogens (primary N) is 1. The molecule has 9 heteroatoms. The first-order chi connectivity index (χ1) is 8.01. The molecule has 0 bridgehead atoms. The van der Waals surface area contributed by atoms with Gasteiger partial charge in [-0.3, -0.25) is 4.79 Å². The van der Waals surface area contributed by atoms with E-state index < -0.39 is 43.7 Å². The minimum atomic E-state index is -4.98. The molecule has 0 aliphatic heterocycles. The van der Waals surface area contributed by atoms with Gasteiger partial charge in [0.25, 0.3) is 0 Å². The maximum Gasteiger partial charge on any atom is 0.376 e. The van der Waals surface area contributed by atoms with Crippen LogP contribution in [0, 0.1) is 0 Å². The van der Waals surface area contributed by atoms with Crippen molar-refractivity contribution >= 4 is 15.8 Å². The topological polar surface area (TPSA) is 77.2 Å². The number of alkyl halides is 4. The van der Waals surface area contributed by atoms with E-state index in [1.807, 2.05) is 0 Å². The number of hydrogen-bond acceptors (Lipinski definition) is 3. The highest BCUT2D eigenvalue weighted by Gasteiger charge is 2.69. The van der Waals surface area contributed by atoms with Gasteiger partial charge in [0.15, 0.2) is 0 Å². The predicted molar refractivity (Wildman–Crippen MR) is 51.0 cm³/mol. The van der Waals surface area contributed by atoms with Crippen LogP contribution < -0.4 is 5.14 Å². The molecular weight excluding hydrogens is 278 g/mol. The van der Waals surface area contributed by atoms with Gasteiger partial charge in [-0.25, -0.2) is 13.6 Å². The van der Waals surface area contributed by atoms with Crippen molar-refractivity contribution in [1.29, 1.82) is 0 Å². The standard InChI is InChI=1S/C9H5F4NO3S/c10-8(11)4-2-1-3-5(18(14,16)17)6(4)7(15)9(8,12)13/h1-3H,(H2,14,16,17). The third-order valence-corrected chi connectivity index (χ3v) is 3.53. The van der Waals surface area contributed by atoms with Crippen molar-refractivity contribution in [3.63, 3.8) is 0 Å². The molecule has 1 aliphatic carbocycles. The van der Waals surface area contributed by atoms with Crippen LogP contribution in [0.5, 0.6) is 0 Å². The second kappa shape index (κ2) is 3.29.